The van der Waals surface area contributed by atoms with Crippen LogP contribution in [0.15, 0.2) is 30.3 Å². The summed E-state index contributed by atoms with van der Waals surface area (Å²) >= 11 is 13.0. The van der Waals surface area contributed by atoms with Gasteiger partial charge in [-0.1, -0.05) is 23.2 Å². The molecular weight excluding hydrogens is 519 g/mol. The molecule has 1 aliphatic heterocycles. The van der Waals surface area contributed by atoms with E-state index in [-0.39, 0.29) is 45.5 Å². The molecule has 0 atom stereocenters. The van der Waals surface area contributed by atoms with E-state index in [4.69, 9.17) is 23.2 Å². The summed E-state index contributed by atoms with van der Waals surface area (Å²) in [6.45, 7) is 2.58. The first-order valence-electron chi connectivity index (χ1n) is 11.5. The zero-order valence-corrected chi connectivity index (χ0v) is 21.2. The highest BCUT2D eigenvalue weighted by Crippen LogP contribution is 2.36. The van der Waals surface area contributed by atoms with Gasteiger partial charge in [-0.2, -0.15) is 13.2 Å². The van der Waals surface area contributed by atoms with Crippen LogP contribution in [-0.2, 0) is 24.4 Å². The quantitative estimate of drug-likeness (QED) is 0.323. The number of aryl methyl sites for hydroxylation is 1. The highest BCUT2D eigenvalue weighted by Gasteiger charge is 2.32. The number of hydrogen-bond acceptors (Lipinski definition) is 2. The predicted octanol–water partition coefficient (Wildman–Crippen LogP) is 7.07. The molecular formula is C26H24Cl2F4N2O2. The Hall–Kier alpha value is -2.58. The van der Waals surface area contributed by atoms with Crippen molar-refractivity contribution in [1.29, 1.82) is 0 Å². The fourth-order valence-corrected chi connectivity index (χ4v) is 5.38. The maximum Gasteiger partial charge on any atom is 0.416 e. The number of piperidine rings is 1. The Morgan fingerprint density at radius 2 is 1.75 bits per heavy atom. The van der Waals surface area contributed by atoms with Crippen molar-refractivity contribution in [2.45, 2.75) is 38.8 Å². The van der Waals surface area contributed by atoms with Crippen LogP contribution in [0.3, 0.4) is 0 Å². The molecule has 0 saturated carbocycles. The number of nitrogens with zero attached hydrogens (tertiary/aromatic N) is 2. The number of aromatic nitrogens is 1. The van der Waals surface area contributed by atoms with E-state index in [1.54, 1.807) is 31.0 Å². The van der Waals surface area contributed by atoms with Crippen molar-refractivity contribution in [1.82, 2.24) is 9.47 Å². The first kappa shape index (κ1) is 26.5. The summed E-state index contributed by atoms with van der Waals surface area (Å²) in [5.74, 6) is -0.839. The second kappa shape index (κ2) is 10.1. The Morgan fingerprint density at radius 1 is 1.08 bits per heavy atom. The number of carbonyl (C=O) groups excluding carboxylic acids is 2. The van der Waals surface area contributed by atoms with Crippen LogP contribution in [0.1, 0.15) is 53.4 Å². The lowest BCUT2D eigenvalue weighted by Gasteiger charge is -2.32. The van der Waals surface area contributed by atoms with Crippen molar-refractivity contribution in [2.24, 2.45) is 13.0 Å². The zero-order valence-electron chi connectivity index (χ0n) is 19.7. The molecule has 1 aliphatic rings. The lowest BCUT2D eigenvalue weighted by molar-refractivity contribution is -0.137. The molecule has 0 bridgehead atoms. The van der Waals surface area contributed by atoms with Gasteiger partial charge in [0.05, 0.1) is 21.7 Å². The van der Waals surface area contributed by atoms with E-state index in [0.717, 1.165) is 18.9 Å². The molecule has 10 heteroatoms. The topological polar surface area (TPSA) is 42.3 Å². The van der Waals surface area contributed by atoms with Gasteiger partial charge in [-0.05, 0) is 61.6 Å². The molecule has 192 valence electrons. The minimum atomic E-state index is -4.68. The van der Waals surface area contributed by atoms with Crippen LogP contribution in [0, 0.1) is 11.7 Å². The Balaban J connectivity index is 1.62. The number of halogens is 6. The van der Waals surface area contributed by atoms with Crippen LogP contribution in [0.4, 0.5) is 17.6 Å². The summed E-state index contributed by atoms with van der Waals surface area (Å²) < 4.78 is 55.5. The highest BCUT2D eigenvalue weighted by molar-refractivity contribution is 6.38. The summed E-state index contributed by atoms with van der Waals surface area (Å²) in [5.41, 5.74) is 0.200. The average molecular weight is 543 g/mol. The van der Waals surface area contributed by atoms with E-state index >= 15 is 0 Å². The van der Waals surface area contributed by atoms with E-state index < -0.39 is 17.6 Å². The largest absolute Gasteiger partial charge is 0.416 e. The molecule has 4 rings (SSSR count). The highest BCUT2D eigenvalue weighted by atomic mass is 35.5. The van der Waals surface area contributed by atoms with Crippen molar-refractivity contribution < 1.29 is 27.2 Å². The monoisotopic (exact) mass is 542 g/mol. The number of ketones is 1. The van der Waals surface area contributed by atoms with E-state index in [1.807, 2.05) is 0 Å². The summed E-state index contributed by atoms with van der Waals surface area (Å²) in [4.78, 5) is 26.3. The van der Waals surface area contributed by atoms with Crippen molar-refractivity contribution in [3.63, 3.8) is 0 Å². The van der Waals surface area contributed by atoms with Gasteiger partial charge >= 0.3 is 6.18 Å². The number of fused-ring (bicyclic) bond motifs is 1. The van der Waals surface area contributed by atoms with Crippen molar-refractivity contribution in [3.05, 3.63) is 68.6 Å². The molecule has 4 nitrogen and oxygen atoms in total. The van der Waals surface area contributed by atoms with Crippen molar-refractivity contribution >= 4 is 45.8 Å². The molecule has 2 heterocycles. The van der Waals surface area contributed by atoms with Crippen LogP contribution in [-0.4, -0.2) is 34.2 Å². The maximum atomic E-state index is 14.5. The first-order chi connectivity index (χ1) is 16.9. The van der Waals surface area contributed by atoms with Gasteiger partial charge < -0.3 is 14.3 Å². The third-order valence-electron chi connectivity index (χ3n) is 6.79. The number of likely N-dealkylation sites (tertiary alicyclic amines) is 1. The van der Waals surface area contributed by atoms with Gasteiger partial charge in [0.15, 0.2) is 0 Å². The normalized spacial score (nSPS) is 15.1. The van der Waals surface area contributed by atoms with Crippen LogP contribution in [0.2, 0.25) is 10.0 Å². The molecule has 3 aromatic rings. The molecule has 0 N–H and O–H groups in total. The first-order valence-corrected chi connectivity index (χ1v) is 12.2. The lowest BCUT2D eigenvalue weighted by atomic mass is 9.91. The summed E-state index contributed by atoms with van der Waals surface area (Å²) in [6.07, 6.45) is -2.63. The maximum absolute atomic E-state index is 14.5. The van der Waals surface area contributed by atoms with Crippen LogP contribution in [0.25, 0.3) is 10.9 Å². The number of benzene rings is 2. The fraction of sp³-hybridized carbons (Fsp3) is 0.385. The third-order valence-corrected chi connectivity index (χ3v) is 7.58. The Kier molecular flexibility index (Phi) is 7.40. The standard InChI is InChI=1S/C26H24Cl2F4N2O2/c1-14(35)9-15-5-7-34(8-6-15)25(36)18-3-4-21(27)19(24(18)28)12-17-13-20-22(29)10-16(26(30,31)32)11-23(20)33(17)2/h3-4,10-11,13,15H,5-9,12H2,1-2H3. The van der Waals surface area contributed by atoms with Crippen LogP contribution >= 0.6 is 23.2 Å². The van der Waals surface area contributed by atoms with Gasteiger partial charge in [0.2, 0.25) is 0 Å². The molecule has 0 spiro atoms. The predicted molar refractivity (Wildman–Crippen MR) is 131 cm³/mol. The van der Waals surface area contributed by atoms with Gasteiger partial charge in [0, 0.05) is 49.1 Å². The molecule has 1 amide bonds. The van der Waals surface area contributed by atoms with E-state index in [0.29, 0.717) is 41.9 Å². The number of carbonyl (C=O) groups is 2. The number of amides is 1. The van der Waals surface area contributed by atoms with Crippen molar-refractivity contribution in [3.8, 4) is 0 Å². The number of Topliss-reactive ketones (excluding diaryl/α,β-unsaturated/α-hetero) is 1. The zero-order chi connectivity index (χ0) is 26.4. The third kappa shape index (κ3) is 5.25. The molecule has 0 radical (unpaired) electrons. The Morgan fingerprint density at radius 3 is 2.36 bits per heavy atom. The summed E-state index contributed by atoms with van der Waals surface area (Å²) in [6, 6.07) is 5.95. The van der Waals surface area contributed by atoms with Gasteiger partial charge in [0.25, 0.3) is 5.91 Å². The molecule has 1 fully saturated rings. The molecule has 0 aliphatic carbocycles. The smallest absolute Gasteiger partial charge is 0.347 e. The number of rotatable bonds is 5. The number of hydrogen-bond donors (Lipinski definition) is 0. The second-order valence-corrected chi connectivity index (χ2v) is 10.1. The average Bonchev–Trinajstić information content (AvgIpc) is 3.12. The van der Waals surface area contributed by atoms with Crippen molar-refractivity contribution in [2.75, 3.05) is 13.1 Å². The van der Waals surface area contributed by atoms with Gasteiger partial charge in [-0.15, -0.1) is 0 Å². The van der Waals surface area contributed by atoms with Gasteiger partial charge in [-0.25, -0.2) is 4.39 Å². The Labute approximate surface area is 215 Å². The number of alkyl halides is 3. The van der Waals surface area contributed by atoms with Crippen LogP contribution in [0.5, 0.6) is 0 Å². The molecule has 36 heavy (non-hydrogen) atoms. The summed E-state index contributed by atoms with van der Waals surface area (Å²) in [7, 11) is 1.54. The molecule has 1 saturated heterocycles. The second-order valence-electron chi connectivity index (χ2n) is 9.29. The van der Waals surface area contributed by atoms with E-state index in [2.05, 4.69) is 0 Å². The van der Waals surface area contributed by atoms with Gasteiger partial charge in [-0.3, -0.25) is 4.79 Å². The Bertz CT molecular complexity index is 1340. The minimum Gasteiger partial charge on any atom is -0.347 e. The molecule has 1 aromatic heterocycles. The SMILES string of the molecule is CC(=O)CC1CCN(C(=O)c2ccc(Cl)c(Cc3cc4c(F)cc(C(F)(F)F)cc4n3C)c2Cl)CC1. The van der Waals surface area contributed by atoms with Gasteiger partial charge in [0.1, 0.15) is 11.6 Å². The van der Waals surface area contributed by atoms with E-state index in [1.165, 1.54) is 10.6 Å². The summed E-state index contributed by atoms with van der Waals surface area (Å²) in [5, 5.41) is 0.493. The molecule has 2 aromatic carbocycles. The van der Waals surface area contributed by atoms with E-state index in [9.17, 15) is 27.2 Å². The molecule has 0 unspecified atom stereocenters. The van der Waals surface area contributed by atoms with Crippen LogP contribution < -0.4 is 0 Å². The minimum absolute atomic E-state index is 0.0495. The lowest BCUT2D eigenvalue weighted by Crippen LogP contribution is -2.39. The fourth-order valence-electron chi connectivity index (χ4n) is 4.80.